The largest absolute Gasteiger partial charge is 0.356 e. The van der Waals surface area contributed by atoms with Crippen molar-refractivity contribution in [3.8, 4) is 0 Å². The summed E-state index contributed by atoms with van der Waals surface area (Å²) in [7, 11) is 0. The number of aromatic nitrogens is 2. The lowest BCUT2D eigenvalue weighted by atomic mass is 10.2. The average Bonchev–Trinajstić information content (AvgIpc) is 3.00. The average molecular weight is 285 g/mol. The Hall–Kier alpha value is -1.55. The van der Waals surface area contributed by atoms with Crippen LogP contribution in [-0.2, 0) is 5.75 Å². The van der Waals surface area contributed by atoms with Gasteiger partial charge in [-0.3, -0.25) is 0 Å². The van der Waals surface area contributed by atoms with Crippen molar-refractivity contribution in [3.63, 3.8) is 0 Å². The molecule has 104 valence electrons. The SMILES string of the molecule is Cc1cccc(CSc2cc(N3CCCC3)ncn2)c1. The van der Waals surface area contributed by atoms with E-state index in [9.17, 15) is 0 Å². The summed E-state index contributed by atoms with van der Waals surface area (Å²) in [5.41, 5.74) is 2.65. The Kier molecular flexibility index (Phi) is 4.21. The molecule has 0 spiro atoms. The van der Waals surface area contributed by atoms with Crippen molar-refractivity contribution in [1.29, 1.82) is 0 Å². The normalized spacial score (nSPS) is 14.8. The minimum absolute atomic E-state index is 0.956. The van der Waals surface area contributed by atoms with Crippen LogP contribution in [0.4, 0.5) is 5.82 Å². The number of aryl methyl sites for hydroxylation is 1. The van der Waals surface area contributed by atoms with Crippen molar-refractivity contribution in [2.45, 2.75) is 30.5 Å². The zero-order valence-electron chi connectivity index (χ0n) is 11.7. The van der Waals surface area contributed by atoms with Gasteiger partial charge in [0.2, 0.25) is 0 Å². The standard InChI is InChI=1S/C16H19N3S/c1-13-5-4-6-14(9-13)11-20-16-10-15(17-12-18-16)19-7-2-3-8-19/h4-6,9-10,12H,2-3,7-8,11H2,1H3. The summed E-state index contributed by atoms with van der Waals surface area (Å²) in [5.74, 6) is 2.03. The van der Waals surface area contributed by atoms with Crippen molar-refractivity contribution in [2.24, 2.45) is 0 Å². The zero-order chi connectivity index (χ0) is 13.8. The van der Waals surface area contributed by atoms with Gasteiger partial charge in [-0.25, -0.2) is 9.97 Å². The summed E-state index contributed by atoms with van der Waals surface area (Å²) in [6.07, 6.45) is 4.23. The minimum Gasteiger partial charge on any atom is -0.356 e. The lowest BCUT2D eigenvalue weighted by Crippen LogP contribution is -2.18. The van der Waals surface area contributed by atoms with Gasteiger partial charge in [0, 0.05) is 24.9 Å². The molecule has 2 aromatic rings. The van der Waals surface area contributed by atoms with Crippen LogP contribution in [0.3, 0.4) is 0 Å². The molecule has 0 atom stereocenters. The Morgan fingerprint density at radius 3 is 2.80 bits per heavy atom. The number of rotatable bonds is 4. The van der Waals surface area contributed by atoms with E-state index in [0.717, 1.165) is 29.7 Å². The quantitative estimate of drug-likeness (QED) is 0.633. The highest BCUT2D eigenvalue weighted by atomic mass is 32.2. The smallest absolute Gasteiger partial charge is 0.133 e. The molecule has 1 saturated heterocycles. The summed E-state index contributed by atoms with van der Waals surface area (Å²) < 4.78 is 0. The number of benzene rings is 1. The molecule has 1 aliphatic heterocycles. The highest BCUT2D eigenvalue weighted by Gasteiger charge is 2.14. The van der Waals surface area contributed by atoms with Crippen LogP contribution in [0, 0.1) is 6.92 Å². The summed E-state index contributed by atoms with van der Waals surface area (Å²) in [6, 6.07) is 10.8. The first kappa shape index (κ1) is 13.4. The van der Waals surface area contributed by atoms with E-state index in [0.29, 0.717) is 0 Å². The zero-order valence-corrected chi connectivity index (χ0v) is 12.6. The van der Waals surface area contributed by atoms with Gasteiger partial charge in [0.05, 0.1) is 0 Å². The summed E-state index contributed by atoms with van der Waals surface area (Å²) in [4.78, 5) is 11.1. The van der Waals surface area contributed by atoms with Gasteiger partial charge >= 0.3 is 0 Å². The maximum absolute atomic E-state index is 4.39. The molecule has 1 aromatic heterocycles. The summed E-state index contributed by atoms with van der Waals surface area (Å²) in [5, 5.41) is 1.06. The summed E-state index contributed by atoms with van der Waals surface area (Å²) >= 11 is 1.78. The monoisotopic (exact) mass is 285 g/mol. The fraction of sp³-hybridized carbons (Fsp3) is 0.375. The molecule has 2 heterocycles. The van der Waals surface area contributed by atoms with Gasteiger partial charge < -0.3 is 4.90 Å². The Bertz CT molecular complexity index is 579. The fourth-order valence-corrected chi connectivity index (χ4v) is 3.29. The van der Waals surface area contributed by atoms with E-state index in [-0.39, 0.29) is 0 Å². The first-order chi connectivity index (χ1) is 9.81. The molecule has 1 aliphatic rings. The molecule has 3 nitrogen and oxygen atoms in total. The predicted octanol–water partition coefficient (Wildman–Crippen LogP) is 3.68. The molecule has 0 amide bonds. The number of hydrogen-bond acceptors (Lipinski definition) is 4. The van der Waals surface area contributed by atoms with Crippen LogP contribution in [0.25, 0.3) is 0 Å². The van der Waals surface area contributed by atoms with Gasteiger partial charge in [-0.2, -0.15) is 0 Å². The van der Waals surface area contributed by atoms with E-state index in [2.05, 4.69) is 52.1 Å². The van der Waals surface area contributed by atoms with Crippen LogP contribution in [0.5, 0.6) is 0 Å². The molecule has 0 aliphatic carbocycles. The highest BCUT2D eigenvalue weighted by molar-refractivity contribution is 7.98. The van der Waals surface area contributed by atoms with Crippen LogP contribution < -0.4 is 4.90 Å². The van der Waals surface area contributed by atoms with Crippen LogP contribution in [0.1, 0.15) is 24.0 Å². The van der Waals surface area contributed by atoms with Crippen molar-refractivity contribution in [1.82, 2.24) is 9.97 Å². The van der Waals surface area contributed by atoms with Gasteiger partial charge in [0.15, 0.2) is 0 Å². The Balaban J connectivity index is 1.66. The van der Waals surface area contributed by atoms with Crippen LogP contribution in [0.15, 0.2) is 41.7 Å². The molecule has 0 radical (unpaired) electrons. The third-order valence-electron chi connectivity index (χ3n) is 3.53. The maximum Gasteiger partial charge on any atom is 0.133 e. The molecule has 0 saturated carbocycles. The second-order valence-electron chi connectivity index (χ2n) is 5.19. The molecule has 20 heavy (non-hydrogen) atoms. The van der Waals surface area contributed by atoms with E-state index in [1.165, 1.54) is 24.0 Å². The van der Waals surface area contributed by atoms with E-state index >= 15 is 0 Å². The molecule has 0 bridgehead atoms. The first-order valence-corrected chi connectivity index (χ1v) is 8.05. The second kappa shape index (κ2) is 6.27. The molecule has 1 fully saturated rings. The lowest BCUT2D eigenvalue weighted by Gasteiger charge is -2.16. The van der Waals surface area contributed by atoms with Gasteiger partial charge in [-0.05, 0) is 25.3 Å². The van der Waals surface area contributed by atoms with Gasteiger partial charge in [-0.15, -0.1) is 11.8 Å². The van der Waals surface area contributed by atoms with Crippen molar-refractivity contribution in [2.75, 3.05) is 18.0 Å². The van der Waals surface area contributed by atoms with Crippen molar-refractivity contribution in [3.05, 3.63) is 47.8 Å². The van der Waals surface area contributed by atoms with Crippen LogP contribution in [-0.4, -0.2) is 23.1 Å². The number of anilines is 1. The first-order valence-electron chi connectivity index (χ1n) is 7.06. The van der Waals surface area contributed by atoms with Crippen molar-refractivity contribution >= 4 is 17.6 Å². The molecule has 3 rings (SSSR count). The topological polar surface area (TPSA) is 29.0 Å². The van der Waals surface area contributed by atoms with E-state index in [1.54, 1.807) is 18.1 Å². The molecular formula is C16H19N3S. The maximum atomic E-state index is 4.39. The van der Waals surface area contributed by atoms with Crippen molar-refractivity contribution < 1.29 is 0 Å². The Labute approximate surface area is 124 Å². The molecule has 0 unspecified atom stereocenters. The minimum atomic E-state index is 0.956. The molecule has 0 N–H and O–H groups in total. The number of thioether (sulfide) groups is 1. The van der Waals surface area contributed by atoms with E-state index in [1.807, 2.05) is 0 Å². The molecular weight excluding hydrogens is 266 g/mol. The summed E-state index contributed by atoms with van der Waals surface area (Å²) in [6.45, 7) is 4.38. The van der Waals surface area contributed by atoms with Crippen LogP contribution in [0.2, 0.25) is 0 Å². The highest BCUT2D eigenvalue weighted by Crippen LogP contribution is 2.25. The van der Waals surface area contributed by atoms with Gasteiger partial charge in [0.1, 0.15) is 17.2 Å². The fourth-order valence-electron chi connectivity index (χ4n) is 2.49. The van der Waals surface area contributed by atoms with Gasteiger partial charge in [-0.1, -0.05) is 29.8 Å². The number of nitrogens with zero attached hydrogens (tertiary/aromatic N) is 3. The molecule has 1 aromatic carbocycles. The second-order valence-corrected chi connectivity index (χ2v) is 6.18. The Morgan fingerprint density at radius 2 is 2.00 bits per heavy atom. The predicted molar refractivity (Wildman–Crippen MR) is 84.2 cm³/mol. The van der Waals surface area contributed by atoms with E-state index < -0.39 is 0 Å². The number of hydrogen-bond donors (Lipinski definition) is 0. The molecule has 4 heteroatoms. The van der Waals surface area contributed by atoms with Gasteiger partial charge in [0.25, 0.3) is 0 Å². The van der Waals surface area contributed by atoms with E-state index in [4.69, 9.17) is 0 Å². The lowest BCUT2D eigenvalue weighted by molar-refractivity contribution is 0.908. The van der Waals surface area contributed by atoms with Crippen LogP contribution >= 0.6 is 11.8 Å². The third-order valence-corrected chi connectivity index (χ3v) is 4.52. The Morgan fingerprint density at radius 1 is 1.15 bits per heavy atom. The third kappa shape index (κ3) is 3.31.